The van der Waals surface area contributed by atoms with Crippen LogP contribution in [0.4, 0.5) is 5.69 Å². The minimum atomic E-state index is -0.874. The fourth-order valence-electron chi connectivity index (χ4n) is 1.64. The van der Waals surface area contributed by atoms with Gasteiger partial charge in [0.05, 0.1) is 13.0 Å². The molecule has 19 heavy (non-hydrogen) atoms. The molecule has 0 aliphatic rings. The van der Waals surface area contributed by atoms with Crippen LogP contribution >= 0.6 is 0 Å². The van der Waals surface area contributed by atoms with Crippen LogP contribution in [0.2, 0.25) is 0 Å². The van der Waals surface area contributed by atoms with Crippen molar-refractivity contribution in [3.63, 3.8) is 0 Å². The number of benzene rings is 1. The highest BCUT2D eigenvalue weighted by Gasteiger charge is 2.10. The van der Waals surface area contributed by atoms with Crippen LogP contribution in [-0.2, 0) is 17.8 Å². The highest BCUT2D eigenvalue weighted by molar-refractivity contribution is 5.66. The highest BCUT2D eigenvalue weighted by Crippen LogP contribution is 2.14. The number of anilines is 1. The van der Waals surface area contributed by atoms with Crippen LogP contribution in [0.1, 0.15) is 18.2 Å². The molecule has 2 rings (SSSR count). The van der Waals surface area contributed by atoms with Crippen molar-refractivity contribution in [2.75, 3.05) is 11.9 Å². The summed E-state index contributed by atoms with van der Waals surface area (Å²) in [7, 11) is 1.93. The number of rotatable bonds is 6. The lowest BCUT2D eigenvalue weighted by Crippen LogP contribution is -2.16. The molecule has 0 saturated heterocycles. The van der Waals surface area contributed by atoms with Crippen molar-refractivity contribution < 1.29 is 14.3 Å². The van der Waals surface area contributed by atoms with Gasteiger partial charge in [-0.3, -0.25) is 4.79 Å². The molecule has 1 heterocycles. The smallest absolute Gasteiger partial charge is 0.303 e. The van der Waals surface area contributed by atoms with Gasteiger partial charge in [-0.1, -0.05) is 18.2 Å². The minimum absolute atomic E-state index is 0.00381. The number of carboxylic acids is 1. The average molecular weight is 261 g/mol. The zero-order valence-corrected chi connectivity index (χ0v) is 10.6. The number of nitrogens with zero attached hydrogens (tertiary/aromatic N) is 3. The normalized spacial score (nSPS) is 10.4. The Labute approximate surface area is 110 Å². The van der Waals surface area contributed by atoms with Crippen LogP contribution in [0.5, 0.6) is 0 Å². The van der Waals surface area contributed by atoms with Crippen molar-refractivity contribution in [2.24, 2.45) is 0 Å². The maximum atomic E-state index is 10.4. The van der Waals surface area contributed by atoms with Crippen LogP contribution in [0.15, 0.2) is 34.7 Å². The SMILES string of the molecule is CN(Cc1nnc(CCC(=O)O)o1)c1ccccc1. The summed E-state index contributed by atoms with van der Waals surface area (Å²) < 4.78 is 5.40. The van der Waals surface area contributed by atoms with Gasteiger partial charge in [0.15, 0.2) is 0 Å². The Morgan fingerprint density at radius 2 is 1.95 bits per heavy atom. The fraction of sp³-hybridized carbons (Fsp3) is 0.308. The molecule has 6 nitrogen and oxygen atoms in total. The Kier molecular flexibility index (Phi) is 4.12. The highest BCUT2D eigenvalue weighted by atomic mass is 16.4. The monoisotopic (exact) mass is 261 g/mol. The topological polar surface area (TPSA) is 79.5 Å². The second-order valence-electron chi connectivity index (χ2n) is 4.17. The molecule has 2 aromatic rings. The molecule has 1 aromatic carbocycles. The molecule has 0 bridgehead atoms. The number of hydrogen-bond acceptors (Lipinski definition) is 5. The van der Waals surface area contributed by atoms with E-state index >= 15 is 0 Å². The summed E-state index contributed by atoms with van der Waals surface area (Å²) in [6, 6.07) is 9.84. The standard InChI is InChI=1S/C13H15N3O3/c1-16(10-5-3-2-4-6-10)9-12-15-14-11(19-12)7-8-13(17)18/h2-6H,7-9H2,1H3,(H,17,18). The number of carboxylic acid groups (broad SMARTS) is 1. The molecule has 0 fully saturated rings. The lowest BCUT2D eigenvalue weighted by molar-refractivity contribution is -0.137. The number of carbonyl (C=O) groups is 1. The number of para-hydroxylation sites is 1. The lowest BCUT2D eigenvalue weighted by Gasteiger charge is -2.16. The van der Waals surface area contributed by atoms with Gasteiger partial charge in [-0.2, -0.15) is 0 Å². The van der Waals surface area contributed by atoms with Gasteiger partial charge in [-0.15, -0.1) is 10.2 Å². The molecule has 100 valence electrons. The Morgan fingerprint density at radius 3 is 2.63 bits per heavy atom. The van der Waals surface area contributed by atoms with Gasteiger partial charge in [0.1, 0.15) is 0 Å². The number of aliphatic carboxylic acids is 1. The lowest BCUT2D eigenvalue weighted by atomic mass is 10.3. The quantitative estimate of drug-likeness (QED) is 0.853. The Morgan fingerprint density at radius 1 is 1.26 bits per heavy atom. The summed E-state index contributed by atoms with van der Waals surface area (Å²) >= 11 is 0. The van der Waals surface area contributed by atoms with Crippen molar-refractivity contribution in [3.05, 3.63) is 42.1 Å². The molecule has 6 heteroatoms. The summed E-state index contributed by atoms with van der Waals surface area (Å²) in [6.07, 6.45) is 0.257. The van der Waals surface area contributed by atoms with Crippen LogP contribution in [0.3, 0.4) is 0 Å². The first-order valence-corrected chi connectivity index (χ1v) is 5.94. The summed E-state index contributed by atoms with van der Waals surface area (Å²) in [5.41, 5.74) is 1.05. The first-order valence-electron chi connectivity index (χ1n) is 5.94. The zero-order chi connectivity index (χ0) is 13.7. The van der Waals surface area contributed by atoms with E-state index in [9.17, 15) is 4.79 Å². The summed E-state index contributed by atoms with van der Waals surface area (Å²) in [5.74, 6) is -0.0354. The molecular formula is C13H15N3O3. The summed E-state index contributed by atoms with van der Waals surface area (Å²) in [6.45, 7) is 0.490. The van der Waals surface area contributed by atoms with Crippen molar-refractivity contribution in [2.45, 2.75) is 19.4 Å². The third-order valence-corrected chi connectivity index (χ3v) is 2.63. The van der Waals surface area contributed by atoms with E-state index in [1.54, 1.807) is 0 Å². The first kappa shape index (κ1) is 13.1. The summed E-state index contributed by atoms with van der Waals surface area (Å²) in [5, 5.41) is 16.3. The maximum Gasteiger partial charge on any atom is 0.303 e. The van der Waals surface area contributed by atoms with E-state index in [1.165, 1.54) is 0 Å². The molecule has 1 N–H and O–H groups in total. The maximum absolute atomic E-state index is 10.4. The van der Waals surface area contributed by atoms with E-state index < -0.39 is 5.97 Å². The van der Waals surface area contributed by atoms with E-state index in [-0.39, 0.29) is 12.8 Å². The van der Waals surface area contributed by atoms with Gasteiger partial charge in [-0.05, 0) is 12.1 Å². The van der Waals surface area contributed by atoms with Crippen LogP contribution in [0, 0.1) is 0 Å². The second kappa shape index (κ2) is 5.99. The molecule has 0 aliphatic carbocycles. The molecule has 0 radical (unpaired) electrons. The van der Waals surface area contributed by atoms with E-state index in [0.717, 1.165) is 5.69 Å². The van der Waals surface area contributed by atoms with Gasteiger partial charge < -0.3 is 14.4 Å². The van der Waals surface area contributed by atoms with E-state index in [0.29, 0.717) is 18.3 Å². The molecule has 0 saturated carbocycles. The van der Waals surface area contributed by atoms with Crippen molar-refractivity contribution in [1.82, 2.24) is 10.2 Å². The van der Waals surface area contributed by atoms with Gasteiger partial charge in [-0.25, -0.2) is 0 Å². The van der Waals surface area contributed by atoms with Crippen LogP contribution in [-0.4, -0.2) is 28.3 Å². The molecule has 0 atom stereocenters. The predicted octanol–water partition coefficient (Wildman–Crippen LogP) is 1.72. The third kappa shape index (κ3) is 3.80. The first-order chi connectivity index (χ1) is 9.15. The summed E-state index contributed by atoms with van der Waals surface area (Å²) in [4.78, 5) is 12.4. The van der Waals surface area contributed by atoms with Gasteiger partial charge in [0.2, 0.25) is 11.8 Å². The third-order valence-electron chi connectivity index (χ3n) is 2.63. The molecular weight excluding hydrogens is 246 g/mol. The molecule has 0 spiro atoms. The fourth-order valence-corrected chi connectivity index (χ4v) is 1.64. The van der Waals surface area contributed by atoms with E-state index in [4.69, 9.17) is 9.52 Å². The van der Waals surface area contributed by atoms with Crippen LogP contribution in [0.25, 0.3) is 0 Å². The van der Waals surface area contributed by atoms with E-state index in [1.807, 2.05) is 42.3 Å². The Bertz CT molecular complexity index is 539. The largest absolute Gasteiger partial charge is 0.481 e. The number of aromatic nitrogens is 2. The molecule has 0 aliphatic heterocycles. The molecule has 1 aromatic heterocycles. The van der Waals surface area contributed by atoms with Gasteiger partial charge >= 0.3 is 5.97 Å². The molecule has 0 amide bonds. The second-order valence-corrected chi connectivity index (χ2v) is 4.17. The Hall–Kier alpha value is -2.37. The number of hydrogen-bond donors (Lipinski definition) is 1. The number of aryl methyl sites for hydroxylation is 1. The van der Waals surface area contributed by atoms with Crippen LogP contribution < -0.4 is 4.90 Å². The van der Waals surface area contributed by atoms with Gasteiger partial charge in [0.25, 0.3) is 0 Å². The van der Waals surface area contributed by atoms with Crippen molar-refractivity contribution in [1.29, 1.82) is 0 Å². The van der Waals surface area contributed by atoms with Crippen molar-refractivity contribution in [3.8, 4) is 0 Å². The zero-order valence-electron chi connectivity index (χ0n) is 10.6. The Balaban J connectivity index is 1.94. The van der Waals surface area contributed by atoms with E-state index in [2.05, 4.69) is 10.2 Å². The average Bonchev–Trinajstić information content (AvgIpc) is 2.85. The van der Waals surface area contributed by atoms with Gasteiger partial charge in [0, 0.05) is 19.2 Å². The molecule has 0 unspecified atom stereocenters. The minimum Gasteiger partial charge on any atom is -0.481 e. The van der Waals surface area contributed by atoms with Crippen molar-refractivity contribution >= 4 is 11.7 Å². The predicted molar refractivity (Wildman–Crippen MR) is 68.8 cm³/mol.